The number of benzene rings is 2. The monoisotopic (exact) mass is 514 g/mol. The Hall–Kier alpha value is -3.00. The number of carbonyl (C=O) groups excluding carboxylic acids is 1. The van der Waals surface area contributed by atoms with Crippen LogP contribution in [0.1, 0.15) is 54.7 Å². The zero-order chi connectivity index (χ0) is 26.0. The fraction of sp³-hybridized carbons (Fsp3) is 0.483. The number of hydrogen-bond donors (Lipinski definition) is 1. The summed E-state index contributed by atoms with van der Waals surface area (Å²) < 4.78 is 50.0. The number of methoxy groups -OCH3 is 1. The van der Waals surface area contributed by atoms with Gasteiger partial charge in [-0.1, -0.05) is 12.1 Å². The van der Waals surface area contributed by atoms with Gasteiger partial charge in [-0.2, -0.15) is 13.2 Å². The third kappa shape index (κ3) is 6.12. The fourth-order valence-electron chi connectivity index (χ4n) is 5.83. The van der Waals surface area contributed by atoms with Crippen molar-refractivity contribution in [1.82, 2.24) is 10.2 Å². The topological polar surface area (TPSA) is 50.8 Å². The molecule has 1 N–H and O–H groups in total. The summed E-state index contributed by atoms with van der Waals surface area (Å²) in [5.74, 6) is 2.11. The number of halogens is 3. The van der Waals surface area contributed by atoms with E-state index in [1.54, 1.807) is 7.11 Å². The summed E-state index contributed by atoms with van der Waals surface area (Å²) in [6, 6.07) is 11.8. The van der Waals surface area contributed by atoms with Crippen molar-refractivity contribution in [3.63, 3.8) is 0 Å². The Morgan fingerprint density at radius 3 is 2.54 bits per heavy atom. The molecule has 5 nitrogen and oxygen atoms in total. The lowest BCUT2D eigenvalue weighted by Gasteiger charge is -2.33. The van der Waals surface area contributed by atoms with Crippen molar-refractivity contribution < 1.29 is 27.4 Å². The minimum atomic E-state index is -4.44. The predicted molar refractivity (Wildman–Crippen MR) is 136 cm³/mol. The molecule has 1 amide bonds. The number of piperidine rings is 1. The molecule has 3 aliphatic rings. The molecule has 37 heavy (non-hydrogen) atoms. The molecule has 1 saturated carbocycles. The van der Waals surface area contributed by atoms with E-state index in [4.69, 9.17) is 9.47 Å². The van der Waals surface area contributed by atoms with E-state index in [2.05, 4.69) is 22.3 Å². The average Bonchev–Trinajstić information content (AvgIpc) is 3.34. The Labute approximate surface area is 215 Å². The molecular weight excluding hydrogens is 481 g/mol. The highest BCUT2D eigenvalue weighted by Gasteiger charge is 2.33. The maximum absolute atomic E-state index is 13.1. The Morgan fingerprint density at radius 2 is 1.84 bits per heavy atom. The number of rotatable bonds is 6. The van der Waals surface area contributed by atoms with E-state index in [0.717, 1.165) is 69.6 Å². The first-order valence-electron chi connectivity index (χ1n) is 13.0. The van der Waals surface area contributed by atoms with E-state index in [1.165, 1.54) is 17.7 Å². The normalized spacial score (nSPS) is 22.6. The number of nitrogens with zero attached hydrogens (tertiary/aromatic N) is 1. The van der Waals surface area contributed by atoms with Crippen molar-refractivity contribution in [3.05, 3.63) is 64.7 Å². The van der Waals surface area contributed by atoms with E-state index < -0.39 is 11.7 Å². The van der Waals surface area contributed by atoms with Crippen molar-refractivity contribution in [2.45, 2.75) is 50.2 Å². The fourth-order valence-corrected chi connectivity index (χ4v) is 5.83. The lowest BCUT2D eigenvalue weighted by Crippen LogP contribution is -2.38. The third-order valence-corrected chi connectivity index (χ3v) is 7.91. The number of fused-ring (bicyclic) bond motifs is 1. The molecule has 0 spiro atoms. The lowest BCUT2D eigenvalue weighted by molar-refractivity contribution is -0.137. The molecule has 2 aromatic carbocycles. The predicted octanol–water partition coefficient (Wildman–Crippen LogP) is 5.65. The molecule has 1 aliphatic carbocycles. The van der Waals surface area contributed by atoms with Crippen LogP contribution in [-0.2, 0) is 11.0 Å². The summed E-state index contributed by atoms with van der Waals surface area (Å²) in [6.45, 7) is 3.26. The minimum Gasteiger partial charge on any atom is -0.497 e. The Bertz CT molecular complexity index is 1140. The number of amides is 1. The molecule has 2 atom stereocenters. The van der Waals surface area contributed by atoms with Crippen molar-refractivity contribution in [2.24, 2.45) is 5.92 Å². The van der Waals surface area contributed by atoms with Gasteiger partial charge in [-0.25, -0.2) is 0 Å². The summed E-state index contributed by atoms with van der Waals surface area (Å²) in [5.41, 5.74) is 1.27. The number of alkyl halides is 3. The second-order valence-corrected chi connectivity index (χ2v) is 10.4. The molecule has 198 valence electrons. The molecule has 0 bridgehead atoms. The van der Waals surface area contributed by atoms with Crippen LogP contribution in [0.5, 0.6) is 11.5 Å². The summed E-state index contributed by atoms with van der Waals surface area (Å²) in [6.07, 6.45) is 2.27. The highest BCUT2D eigenvalue weighted by Crippen LogP contribution is 2.36. The SMILES string of the molecule is COc1ccc(C2CCN(C[C@H]3CC[C@@H](NC(=O)C4=Cc5cc(C(F)(F)F)ccc5OC4)C3)CC2)cc1. The highest BCUT2D eigenvalue weighted by molar-refractivity contribution is 5.99. The molecule has 0 aromatic heterocycles. The average molecular weight is 515 g/mol. The van der Waals surface area contributed by atoms with Gasteiger partial charge in [0, 0.05) is 18.2 Å². The Morgan fingerprint density at radius 1 is 1.08 bits per heavy atom. The molecule has 0 radical (unpaired) electrons. The van der Waals surface area contributed by atoms with Gasteiger partial charge in [0.2, 0.25) is 0 Å². The van der Waals surface area contributed by atoms with Crippen LogP contribution in [0.4, 0.5) is 13.2 Å². The minimum absolute atomic E-state index is 0.0590. The standard InChI is InChI=1S/C29H33F3N2O3/c1-36-26-7-3-20(4-8-26)21-10-12-34(13-11-21)17-19-2-6-25(14-19)33-28(35)23-15-22-16-24(29(30,31)32)5-9-27(22)37-18-23/h3-5,7-9,15-16,19,21,25H,2,6,10-14,17-18H2,1H3,(H,33,35)/t19-,25+/m0/s1. The Balaban J connectivity index is 1.09. The van der Waals surface area contributed by atoms with Crippen LogP contribution in [0.2, 0.25) is 0 Å². The first-order chi connectivity index (χ1) is 17.8. The van der Waals surface area contributed by atoms with Crippen LogP contribution < -0.4 is 14.8 Å². The van der Waals surface area contributed by atoms with E-state index in [0.29, 0.717) is 23.2 Å². The number of hydrogen-bond acceptors (Lipinski definition) is 4. The van der Waals surface area contributed by atoms with Gasteiger partial charge in [-0.3, -0.25) is 4.79 Å². The number of carbonyl (C=O) groups is 1. The van der Waals surface area contributed by atoms with Crippen molar-refractivity contribution >= 4 is 12.0 Å². The highest BCUT2D eigenvalue weighted by atomic mass is 19.4. The summed E-state index contributed by atoms with van der Waals surface area (Å²) in [4.78, 5) is 15.4. The summed E-state index contributed by atoms with van der Waals surface area (Å²) in [5, 5.41) is 3.09. The maximum Gasteiger partial charge on any atom is 0.416 e. The Kier molecular flexibility index (Phi) is 7.47. The largest absolute Gasteiger partial charge is 0.497 e. The van der Waals surface area contributed by atoms with Gasteiger partial charge < -0.3 is 19.7 Å². The van der Waals surface area contributed by atoms with Crippen LogP contribution in [0, 0.1) is 5.92 Å². The van der Waals surface area contributed by atoms with Gasteiger partial charge in [-0.15, -0.1) is 0 Å². The van der Waals surface area contributed by atoms with E-state index in [-0.39, 0.29) is 24.1 Å². The lowest BCUT2D eigenvalue weighted by atomic mass is 9.89. The smallest absolute Gasteiger partial charge is 0.416 e. The van der Waals surface area contributed by atoms with E-state index >= 15 is 0 Å². The van der Waals surface area contributed by atoms with E-state index in [9.17, 15) is 18.0 Å². The van der Waals surface area contributed by atoms with Gasteiger partial charge in [0.15, 0.2) is 0 Å². The molecule has 2 aromatic rings. The van der Waals surface area contributed by atoms with Crippen molar-refractivity contribution in [3.8, 4) is 11.5 Å². The molecule has 2 fully saturated rings. The van der Waals surface area contributed by atoms with Crippen LogP contribution >= 0.6 is 0 Å². The van der Waals surface area contributed by atoms with Gasteiger partial charge in [0.1, 0.15) is 18.1 Å². The second-order valence-electron chi connectivity index (χ2n) is 10.4. The maximum atomic E-state index is 13.1. The van der Waals surface area contributed by atoms with Crippen molar-refractivity contribution in [1.29, 1.82) is 0 Å². The zero-order valence-electron chi connectivity index (χ0n) is 21.0. The number of ether oxygens (including phenoxy) is 2. The molecule has 1 saturated heterocycles. The summed E-state index contributed by atoms with van der Waals surface area (Å²) >= 11 is 0. The van der Waals surface area contributed by atoms with Gasteiger partial charge in [0.05, 0.1) is 18.2 Å². The van der Waals surface area contributed by atoms with Gasteiger partial charge >= 0.3 is 6.18 Å². The molecule has 2 heterocycles. The van der Waals surface area contributed by atoms with Crippen molar-refractivity contribution in [2.75, 3.05) is 33.4 Å². The molecular formula is C29H33F3N2O3. The van der Waals surface area contributed by atoms with Crippen LogP contribution in [0.25, 0.3) is 6.08 Å². The quantitative estimate of drug-likeness (QED) is 0.541. The first-order valence-corrected chi connectivity index (χ1v) is 13.0. The number of nitrogens with one attached hydrogen (secondary N) is 1. The molecule has 8 heteroatoms. The van der Waals surface area contributed by atoms with Crippen LogP contribution in [0.15, 0.2) is 48.0 Å². The third-order valence-electron chi connectivity index (χ3n) is 7.91. The van der Waals surface area contributed by atoms with E-state index in [1.807, 2.05) is 12.1 Å². The van der Waals surface area contributed by atoms with Gasteiger partial charge in [-0.05, 0) is 99.0 Å². The first kappa shape index (κ1) is 25.6. The number of likely N-dealkylation sites (tertiary alicyclic amines) is 1. The van der Waals surface area contributed by atoms with Gasteiger partial charge in [0.25, 0.3) is 5.91 Å². The molecule has 0 unspecified atom stereocenters. The summed E-state index contributed by atoms with van der Waals surface area (Å²) in [7, 11) is 1.68. The molecule has 5 rings (SSSR count). The van der Waals surface area contributed by atoms with Crippen LogP contribution in [-0.4, -0.2) is 50.2 Å². The van der Waals surface area contributed by atoms with Crippen LogP contribution in [0.3, 0.4) is 0 Å². The molecule has 2 aliphatic heterocycles. The second kappa shape index (κ2) is 10.8. The zero-order valence-corrected chi connectivity index (χ0v) is 21.0.